The first-order valence-electron chi connectivity index (χ1n) is 13.8. The second-order valence-corrected chi connectivity index (χ2v) is 10.4. The highest BCUT2D eigenvalue weighted by atomic mass is 16.7. The third-order valence-electron chi connectivity index (χ3n) is 8.34. The van der Waals surface area contributed by atoms with E-state index in [0.717, 1.165) is 30.4 Å². The molecule has 37 heavy (non-hydrogen) atoms. The highest BCUT2D eigenvalue weighted by Gasteiger charge is 2.55. The maximum Gasteiger partial charge on any atom is 0.168 e. The summed E-state index contributed by atoms with van der Waals surface area (Å²) in [5.41, 5.74) is 2.09. The summed E-state index contributed by atoms with van der Waals surface area (Å²) < 4.78 is 36.4. The maximum atomic E-state index is 6.12. The lowest BCUT2D eigenvalue weighted by atomic mass is 9.75. The summed E-state index contributed by atoms with van der Waals surface area (Å²) in [6.07, 6.45) is 2.51. The van der Waals surface area contributed by atoms with E-state index in [1.54, 1.807) is 0 Å². The molecule has 0 aliphatic carbocycles. The fraction of sp³-hybridized carbons (Fsp3) is 0.613. The fourth-order valence-electron chi connectivity index (χ4n) is 5.32. The van der Waals surface area contributed by atoms with Crippen molar-refractivity contribution < 1.29 is 28.4 Å². The number of benzene rings is 2. The smallest absolute Gasteiger partial charge is 0.168 e. The lowest BCUT2D eigenvalue weighted by Gasteiger charge is -2.53. The van der Waals surface area contributed by atoms with Gasteiger partial charge in [0.05, 0.1) is 49.5 Å². The van der Waals surface area contributed by atoms with Crippen LogP contribution in [-0.2, 0) is 41.6 Å². The maximum absolute atomic E-state index is 6.12. The van der Waals surface area contributed by atoms with Gasteiger partial charge >= 0.3 is 0 Å². The molecule has 6 nitrogen and oxygen atoms in total. The third-order valence-corrected chi connectivity index (χ3v) is 8.34. The van der Waals surface area contributed by atoms with Gasteiger partial charge in [0.25, 0.3) is 0 Å². The van der Waals surface area contributed by atoms with Crippen molar-refractivity contribution in [2.75, 3.05) is 26.4 Å². The minimum absolute atomic E-state index is 0.107. The van der Waals surface area contributed by atoms with E-state index < -0.39 is 0 Å². The van der Waals surface area contributed by atoms with Gasteiger partial charge in [0.2, 0.25) is 0 Å². The first-order chi connectivity index (χ1) is 18.0. The van der Waals surface area contributed by atoms with Crippen LogP contribution in [0.1, 0.15) is 58.1 Å². The summed E-state index contributed by atoms with van der Waals surface area (Å²) in [4.78, 5) is 0. The van der Waals surface area contributed by atoms with Crippen LogP contribution in [0.3, 0.4) is 0 Å². The summed E-state index contributed by atoms with van der Waals surface area (Å²) in [7, 11) is 0. The molecule has 2 heterocycles. The van der Waals surface area contributed by atoms with Crippen LogP contribution in [0.5, 0.6) is 0 Å². The van der Waals surface area contributed by atoms with E-state index in [0.29, 0.717) is 39.6 Å². The molecule has 2 aromatic rings. The molecule has 6 unspecified atom stereocenters. The van der Waals surface area contributed by atoms with Gasteiger partial charge < -0.3 is 28.4 Å². The van der Waals surface area contributed by atoms with Crippen molar-refractivity contribution in [2.45, 2.75) is 85.0 Å². The van der Waals surface area contributed by atoms with Crippen molar-refractivity contribution in [1.82, 2.24) is 0 Å². The quantitative estimate of drug-likeness (QED) is 0.252. The van der Waals surface area contributed by atoms with Gasteiger partial charge in [-0.05, 0) is 44.2 Å². The zero-order chi connectivity index (χ0) is 26.1. The summed E-state index contributed by atoms with van der Waals surface area (Å²) in [5.74, 6) is 0. The molecule has 6 atom stereocenters. The zero-order valence-corrected chi connectivity index (χ0v) is 22.9. The molecule has 0 bridgehead atoms. The Labute approximate surface area is 222 Å². The molecule has 6 heteroatoms. The van der Waals surface area contributed by atoms with Crippen molar-refractivity contribution in [1.29, 1.82) is 0 Å². The molecule has 0 aromatic heterocycles. The second-order valence-electron chi connectivity index (χ2n) is 10.4. The number of ether oxygens (including phenoxy) is 6. The summed E-state index contributed by atoms with van der Waals surface area (Å²) >= 11 is 0. The lowest BCUT2D eigenvalue weighted by molar-refractivity contribution is -0.363. The van der Waals surface area contributed by atoms with Gasteiger partial charge in [-0.25, -0.2) is 0 Å². The summed E-state index contributed by atoms with van der Waals surface area (Å²) in [6, 6.07) is 20.4. The second kappa shape index (κ2) is 13.3. The van der Waals surface area contributed by atoms with Gasteiger partial charge in [0.1, 0.15) is 0 Å². The number of rotatable bonds is 16. The molecule has 2 aliphatic rings. The first kappa shape index (κ1) is 28.2. The van der Waals surface area contributed by atoms with E-state index in [1.165, 1.54) is 0 Å². The van der Waals surface area contributed by atoms with Crippen molar-refractivity contribution >= 4 is 0 Å². The minimum atomic E-state index is -0.235. The average molecular weight is 513 g/mol. The summed E-state index contributed by atoms with van der Waals surface area (Å²) in [5, 5.41) is 0. The van der Waals surface area contributed by atoms with Crippen LogP contribution in [0.4, 0.5) is 0 Å². The lowest BCUT2D eigenvalue weighted by Crippen LogP contribution is -2.61. The van der Waals surface area contributed by atoms with Crippen LogP contribution in [0.2, 0.25) is 0 Å². The highest BCUT2D eigenvalue weighted by Crippen LogP contribution is 2.46. The van der Waals surface area contributed by atoms with E-state index in [1.807, 2.05) is 36.4 Å². The minimum Gasteiger partial charge on any atom is -0.380 e. The predicted octanol–water partition coefficient (Wildman–Crippen LogP) is 6.13. The van der Waals surface area contributed by atoms with Crippen LogP contribution >= 0.6 is 0 Å². The molecule has 0 spiro atoms. The largest absolute Gasteiger partial charge is 0.380 e. The van der Waals surface area contributed by atoms with Gasteiger partial charge in [0, 0.05) is 13.2 Å². The molecule has 4 rings (SSSR count). The molecule has 2 aromatic carbocycles. The molecule has 204 valence electrons. The van der Waals surface area contributed by atoms with Crippen LogP contribution in [-0.4, -0.2) is 51.2 Å². The zero-order valence-electron chi connectivity index (χ0n) is 22.9. The van der Waals surface area contributed by atoms with E-state index in [-0.39, 0.29) is 35.6 Å². The molecule has 0 amide bonds. The van der Waals surface area contributed by atoms with Gasteiger partial charge in [-0.3, -0.25) is 0 Å². The van der Waals surface area contributed by atoms with E-state index in [4.69, 9.17) is 28.4 Å². The Morgan fingerprint density at radius 3 is 1.41 bits per heavy atom. The van der Waals surface area contributed by atoms with Crippen LogP contribution < -0.4 is 0 Å². The van der Waals surface area contributed by atoms with Crippen LogP contribution in [0.15, 0.2) is 60.7 Å². The Bertz CT molecular complexity index is 848. The number of hydrogen-bond acceptors (Lipinski definition) is 6. The first-order valence-corrected chi connectivity index (χ1v) is 13.8. The van der Waals surface area contributed by atoms with Gasteiger partial charge in [-0.1, -0.05) is 74.5 Å². The van der Waals surface area contributed by atoms with E-state index in [2.05, 4.69) is 52.0 Å². The Balaban J connectivity index is 1.15. The molecule has 2 saturated heterocycles. The third kappa shape index (κ3) is 6.44. The normalized spacial score (nSPS) is 31.0. The molecule has 2 aliphatic heterocycles. The van der Waals surface area contributed by atoms with Crippen molar-refractivity contribution in [3.05, 3.63) is 71.8 Å². The highest BCUT2D eigenvalue weighted by molar-refractivity contribution is 5.14. The SMILES string of the molecule is CCC1(COCCCOCC2(CC)C(C)OC2OCc2ccccc2)C(C)OC1OCc1ccccc1. The summed E-state index contributed by atoms with van der Waals surface area (Å²) in [6.45, 7) is 12.3. The van der Waals surface area contributed by atoms with E-state index >= 15 is 0 Å². The number of hydrogen-bond donors (Lipinski definition) is 0. The Morgan fingerprint density at radius 2 is 1.05 bits per heavy atom. The van der Waals surface area contributed by atoms with Crippen molar-refractivity contribution in [3.8, 4) is 0 Å². The molecular weight excluding hydrogens is 468 g/mol. The molecular formula is C31H44O6. The van der Waals surface area contributed by atoms with E-state index in [9.17, 15) is 0 Å². The molecule has 0 saturated carbocycles. The van der Waals surface area contributed by atoms with Crippen LogP contribution in [0.25, 0.3) is 0 Å². The molecule has 2 fully saturated rings. The van der Waals surface area contributed by atoms with Gasteiger partial charge in [0.15, 0.2) is 12.6 Å². The predicted molar refractivity (Wildman–Crippen MR) is 143 cm³/mol. The van der Waals surface area contributed by atoms with Crippen molar-refractivity contribution in [3.63, 3.8) is 0 Å². The molecule has 0 N–H and O–H groups in total. The van der Waals surface area contributed by atoms with Gasteiger partial charge in [-0.2, -0.15) is 0 Å². The standard InChI is InChI=1S/C31H44O6/c1-5-30(24(3)36-28(30)34-20-26-14-9-7-10-15-26)22-32-18-13-19-33-23-31(6-2)25(4)37-29(31)35-21-27-16-11-8-12-17-27/h7-12,14-17,24-25,28-29H,5-6,13,18-23H2,1-4H3. The van der Waals surface area contributed by atoms with Crippen molar-refractivity contribution in [2.24, 2.45) is 10.8 Å². The average Bonchev–Trinajstić information content (AvgIpc) is 2.93. The molecule has 0 radical (unpaired) electrons. The van der Waals surface area contributed by atoms with Gasteiger partial charge in [-0.15, -0.1) is 0 Å². The Hall–Kier alpha value is -1.80. The van der Waals surface area contributed by atoms with Crippen LogP contribution in [0, 0.1) is 10.8 Å². The topological polar surface area (TPSA) is 55.4 Å². The monoisotopic (exact) mass is 512 g/mol. The Kier molecular flexibility index (Phi) is 10.2. The Morgan fingerprint density at radius 1 is 0.649 bits per heavy atom. The fourth-order valence-corrected chi connectivity index (χ4v) is 5.32.